The van der Waals surface area contributed by atoms with Crippen LogP contribution in [-0.2, 0) is 0 Å². The van der Waals surface area contributed by atoms with Crippen molar-refractivity contribution >= 4 is 33.0 Å². The summed E-state index contributed by atoms with van der Waals surface area (Å²) in [6, 6.07) is 26.9. The Kier molecular flexibility index (Phi) is 5.18. The molecule has 0 radical (unpaired) electrons. The van der Waals surface area contributed by atoms with Gasteiger partial charge in [-0.05, 0) is 24.3 Å². The molecule has 0 amide bonds. The fourth-order valence-corrected chi connectivity index (χ4v) is 2.60. The Morgan fingerprint density at radius 1 is 0.667 bits per heavy atom. The fraction of sp³-hybridized carbons (Fsp3) is 0. The zero-order valence-electron chi connectivity index (χ0n) is 12.8. The molecule has 0 aromatic heterocycles. The minimum atomic E-state index is 0.435. The minimum Gasteiger partial charge on any atom is -0.410 e. The molecule has 0 saturated heterocycles. The van der Waals surface area contributed by atoms with Crippen molar-refractivity contribution in [1.82, 2.24) is 0 Å². The van der Waals surface area contributed by atoms with Crippen molar-refractivity contribution in [3.8, 4) is 0 Å². The van der Waals surface area contributed by atoms with Gasteiger partial charge in [-0.25, -0.2) is 4.99 Å². The van der Waals surface area contributed by atoms with Gasteiger partial charge in [-0.2, -0.15) is 0 Å². The predicted octanol–water partition coefficient (Wildman–Crippen LogP) is 5.45. The van der Waals surface area contributed by atoms with Gasteiger partial charge < -0.3 is 5.21 Å². The van der Waals surface area contributed by atoms with Crippen LogP contribution in [0.1, 0.15) is 11.1 Å². The van der Waals surface area contributed by atoms with Crippen molar-refractivity contribution in [3.63, 3.8) is 0 Å². The standard InChI is InChI=1S/C20H15BrN2O/c21-17-11-13-18(14-12-17)22-19(15-7-3-1-4-8-15)20(23-24)16-9-5-2-6-10-16/h1-14,24H/b22-19?,23-20+. The van der Waals surface area contributed by atoms with Gasteiger partial charge in [-0.3, -0.25) is 0 Å². The van der Waals surface area contributed by atoms with E-state index in [9.17, 15) is 5.21 Å². The zero-order valence-corrected chi connectivity index (χ0v) is 14.4. The van der Waals surface area contributed by atoms with Crippen molar-refractivity contribution in [2.45, 2.75) is 0 Å². The highest BCUT2D eigenvalue weighted by Crippen LogP contribution is 2.20. The van der Waals surface area contributed by atoms with Gasteiger partial charge in [-0.1, -0.05) is 81.7 Å². The molecule has 4 heteroatoms. The van der Waals surface area contributed by atoms with Crippen LogP contribution in [0.2, 0.25) is 0 Å². The average molecular weight is 379 g/mol. The average Bonchev–Trinajstić information content (AvgIpc) is 2.65. The van der Waals surface area contributed by atoms with E-state index in [2.05, 4.69) is 21.1 Å². The molecule has 0 unspecified atom stereocenters. The molecule has 0 bridgehead atoms. The first-order valence-electron chi connectivity index (χ1n) is 7.45. The molecule has 24 heavy (non-hydrogen) atoms. The monoisotopic (exact) mass is 378 g/mol. The quantitative estimate of drug-likeness (QED) is 0.366. The maximum absolute atomic E-state index is 9.63. The number of rotatable bonds is 4. The predicted molar refractivity (Wildman–Crippen MR) is 102 cm³/mol. The van der Waals surface area contributed by atoms with Crippen molar-refractivity contribution in [3.05, 3.63) is 101 Å². The number of aliphatic imine (C=N–C) groups is 1. The molecule has 0 saturated carbocycles. The molecule has 0 heterocycles. The van der Waals surface area contributed by atoms with E-state index in [4.69, 9.17) is 4.99 Å². The van der Waals surface area contributed by atoms with Crippen molar-refractivity contribution in [2.75, 3.05) is 0 Å². The Morgan fingerprint density at radius 2 is 1.17 bits per heavy atom. The smallest absolute Gasteiger partial charge is 0.136 e. The van der Waals surface area contributed by atoms with E-state index in [-0.39, 0.29) is 0 Å². The van der Waals surface area contributed by atoms with Crippen LogP contribution in [0.25, 0.3) is 0 Å². The molecule has 0 aliphatic heterocycles. The van der Waals surface area contributed by atoms with Gasteiger partial charge in [-0.15, -0.1) is 0 Å². The largest absolute Gasteiger partial charge is 0.410 e. The lowest BCUT2D eigenvalue weighted by molar-refractivity contribution is 0.320. The van der Waals surface area contributed by atoms with Crippen LogP contribution in [-0.4, -0.2) is 16.6 Å². The summed E-state index contributed by atoms with van der Waals surface area (Å²) in [5, 5.41) is 13.2. The van der Waals surface area contributed by atoms with Crippen molar-refractivity contribution < 1.29 is 5.21 Å². The lowest BCUT2D eigenvalue weighted by Crippen LogP contribution is -2.17. The first kappa shape index (κ1) is 16.1. The van der Waals surface area contributed by atoms with E-state index in [1.165, 1.54) is 0 Å². The number of oxime groups is 1. The van der Waals surface area contributed by atoms with Crippen molar-refractivity contribution in [2.24, 2.45) is 10.1 Å². The van der Waals surface area contributed by atoms with Crippen LogP contribution in [0.4, 0.5) is 5.69 Å². The summed E-state index contributed by atoms with van der Waals surface area (Å²) in [5.41, 5.74) is 3.53. The molecule has 3 aromatic carbocycles. The molecule has 118 valence electrons. The Labute approximate surface area is 149 Å². The fourth-order valence-electron chi connectivity index (χ4n) is 2.33. The lowest BCUT2D eigenvalue weighted by atomic mass is 9.99. The second-order valence-corrected chi connectivity index (χ2v) is 6.03. The van der Waals surface area contributed by atoms with Crippen LogP contribution in [0.5, 0.6) is 0 Å². The summed E-state index contributed by atoms with van der Waals surface area (Å²) < 4.78 is 0.988. The second-order valence-electron chi connectivity index (χ2n) is 5.12. The van der Waals surface area contributed by atoms with Crippen LogP contribution >= 0.6 is 15.9 Å². The van der Waals surface area contributed by atoms with Gasteiger partial charge in [0, 0.05) is 15.6 Å². The van der Waals surface area contributed by atoms with E-state index in [1.807, 2.05) is 84.9 Å². The topological polar surface area (TPSA) is 45.0 Å². The second kappa shape index (κ2) is 7.70. The van der Waals surface area contributed by atoms with Crippen LogP contribution in [0, 0.1) is 0 Å². The Morgan fingerprint density at radius 3 is 1.67 bits per heavy atom. The molecule has 0 spiro atoms. The summed E-state index contributed by atoms with van der Waals surface area (Å²) in [6.45, 7) is 0. The third kappa shape index (κ3) is 3.78. The number of halogens is 1. The third-order valence-corrected chi connectivity index (χ3v) is 4.01. The van der Waals surface area contributed by atoms with Gasteiger partial charge in [0.05, 0.1) is 5.69 Å². The minimum absolute atomic E-state index is 0.435. The third-order valence-electron chi connectivity index (χ3n) is 3.49. The van der Waals surface area contributed by atoms with Gasteiger partial charge in [0.15, 0.2) is 0 Å². The van der Waals surface area contributed by atoms with Gasteiger partial charge in [0.2, 0.25) is 0 Å². The molecular formula is C20H15BrN2O. The SMILES string of the molecule is O/N=C(/C(=Nc1ccc(Br)cc1)c1ccccc1)c1ccccc1. The molecule has 0 aliphatic carbocycles. The van der Waals surface area contributed by atoms with Gasteiger partial charge >= 0.3 is 0 Å². The number of hydrogen-bond donors (Lipinski definition) is 1. The Hall–Kier alpha value is -2.72. The summed E-state index contributed by atoms with van der Waals surface area (Å²) in [7, 11) is 0. The number of benzene rings is 3. The Bertz CT molecular complexity index is 857. The van der Waals surface area contributed by atoms with Gasteiger partial charge in [0.1, 0.15) is 11.4 Å². The maximum Gasteiger partial charge on any atom is 0.136 e. The molecule has 0 fully saturated rings. The van der Waals surface area contributed by atoms with Gasteiger partial charge in [0.25, 0.3) is 0 Å². The summed E-state index contributed by atoms with van der Waals surface area (Å²) in [4.78, 5) is 4.72. The molecule has 3 nitrogen and oxygen atoms in total. The first-order chi connectivity index (χ1) is 11.8. The van der Waals surface area contributed by atoms with Crippen LogP contribution < -0.4 is 0 Å². The van der Waals surface area contributed by atoms with Crippen LogP contribution in [0.3, 0.4) is 0 Å². The van der Waals surface area contributed by atoms with E-state index >= 15 is 0 Å². The molecule has 0 atom stereocenters. The molecule has 3 rings (SSSR count). The highest BCUT2D eigenvalue weighted by atomic mass is 79.9. The van der Waals surface area contributed by atoms with Crippen LogP contribution in [0.15, 0.2) is 99.5 Å². The maximum atomic E-state index is 9.63. The van der Waals surface area contributed by atoms with Crippen molar-refractivity contribution in [1.29, 1.82) is 0 Å². The number of hydrogen-bond acceptors (Lipinski definition) is 3. The molecule has 1 N–H and O–H groups in total. The van der Waals surface area contributed by atoms with E-state index < -0.39 is 0 Å². The zero-order chi connectivity index (χ0) is 16.8. The number of nitrogens with zero attached hydrogens (tertiary/aromatic N) is 2. The molecule has 3 aromatic rings. The first-order valence-corrected chi connectivity index (χ1v) is 8.25. The molecular weight excluding hydrogens is 364 g/mol. The van der Waals surface area contributed by atoms with E-state index in [1.54, 1.807) is 0 Å². The Balaban J connectivity index is 2.14. The highest BCUT2D eigenvalue weighted by molar-refractivity contribution is 9.10. The lowest BCUT2D eigenvalue weighted by Gasteiger charge is -2.10. The van der Waals surface area contributed by atoms with E-state index in [0.717, 1.165) is 21.3 Å². The molecule has 0 aliphatic rings. The summed E-state index contributed by atoms with van der Waals surface area (Å²) >= 11 is 3.42. The summed E-state index contributed by atoms with van der Waals surface area (Å²) in [6.07, 6.45) is 0. The highest BCUT2D eigenvalue weighted by Gasteiger charge is 2.15. The normalized spacial score (nSPS) is 12.2. The summed E-state index contributed by atoms with van der Waals surface area (Å²) in [5.74, 6) is 0. The van der Waals surface area contributed by atoms with E-state index in [0.29, 0.717) is 11.4 Å².